The molecular formula is C28H29N3O4. The largest absolute Gasteiger partial charge is 0.465 e. The molecule has 2 unspecified atom stereocenters. The molecule has 2 atom stereocenters. The summed E-state index contributed by atoms with van der Waals surface area (Å²) in [5, 5.41) is 23.5. The number of nitrogens with zero attached hydrogens (tertiary/aromatic N) is 3. The number of benzene rings is 3. The average molecular weight is 472 g/mol. The van der Waals surface area contributed by atoms with Gasteiger partial charge < -0.3 is 20.0 Å². The second-order valence-corrected chi connectivity index (χ2v) is 10.0. The highest BCUT2D eigenvalue weighted by atomic mass is 16.4. The highest BCUT2D eigenvalue weighted by Crippen LogP contribution is 2.45. The minimum Gasteiger partial charge on any atom is -0.465 e. The first-order valence-electron chi connectivity index (χ1n) is 12.2. The normalized spacial score (nSPS) is 24.2. The van der Waals surface area contributed by atoms with Crippen LogP contribution in [0.2, 0.25) is 0 Å². The maximum absolute atomic E-state index is 13.6. The third kappa shape index (κ3) is 3.33. The van der Waals surface area contributed by atoms with Gasteiger partial charge in [0, 0.05) is 37.8 Å². The molecule has 2 aliphatic heterocycles. The van der Waals surface area contributed by atoms with E-state index in [2.05, 4.69) is 41.3 Å². The van der Waals surface area contributed by atoms with E-state index in [0.29, 0.717) is 17.3 Å². The molecule has 180 valence electrons. The zero-order valence-electron chi connectivity index (χ0n) is 19.7. The van der Waals surface area contributed by atoms with Gasteiger partial charge in [0.2, 0.25) is 0 Å². The number of para-hydroxylation sites is 1. The van der Waals surface area contributed by atoms with Gasteiger partial charge >= 0.3 is 6.09 Å². The summed E-state index contributed by atoms with van der Waals surface area (Å²) < 4.78 is 0. The van der Waals surface area contributed by atoms with Crippen LogP contribution in [0.15, 0.2) is 60.7 Å². The number of anilines is 1. The summed E-state index contributed by atoms with van der Waals surface area (Å²) in [6.45, 7) is 1.43. The lowest BCUT2D eigenvalue weighted by Gasteiger charge is -2.40. The van der Waals surface area contributed by atoms with Gasteiger partial charge in [-0.3, -0.25) is 9.69 Å². The van der Waals surface area contributed by atoms with Gasteiger partial charge in [-0.15, -0.1) is 0 Å². The summed E-state index contributed by atoms with van der Waals surface area (Å²) in [6.07, 6.45) is 1.43. The molecule has 1 aliphatic carbocycles. The lowest BCUT2D eigenvalue weighted by molar-refractivity contribution is -0.138. The average Bonchev–Trinajstić information content (AvgIpc) is 3.34. The van der Waals surface area contributed by atoms with Crippen LogP contribution in [0.25, 0.3) is 10.8 Å². The van der Waals surface area contributed by atoms with Crippen LogP contribution < -0.4 is 4.90 Å². The molecule has 2 N–H and O–H groups in total. The van der Waals surface area contributed by atoms with E-state index in [9.17, 15) is 19.8 Å². The summed E-state index contributed by atoms with van der Waals surface area (Å²) in [5.74, 6) is -0.428. The molecule has 1 saturated heterocycles. The highest BCUT2D eigenvalue weighted by molar-refractivity contribution is 6.07. The molecule has 2 amide bonds. The van der Waals surface area contributed by atoms with Gasteiger partial charge in [-0.1, -0.05) is 54.6 Å². The van der Waals surface area contributed by atoms with Crippen molar-refractivity contribution in [3.05, 3.63) is 77.4 Å². The van der Waals surface area contributed by atoms with E-state index >= 15 is 0 Å². The number of likely N-dealkylation sites (N-methyl/N-ethyl adjacent to an activating group) is 1. The fourth-order valence-corrected chi connectivity index (χ4v) is 6.38. The van der Waals surface area contributed by atoms with Crippen molar-refractivity contribution in [2.24, 2.45) is 0 Å². The summed E-state index contributed by atoms with van der Waals surface area (Å²) >= 11 is 0. The van der Waals surface area contributed by atoms with Gasteiger partial charge in [0.15, 0.2) is 5.60 Å². The smallest absolute Gasteiger partial charge is 0.407 e. The first-order chi connectivity index (χ1) is 16.9. The van der Waals surface area contributed by atoms with Gasteiger partial charge in [0.25, 0.3) is 5.91 Å². The zero-order chi connectivity index (χ0) is 24.3. The minimum atomic E-state index is -1.87. The number of aliphatic hydroxyl groups is 1. The number of carboxylic acid groups (broad SMARTS) is 1. The van der Waals surface area contributed by atoms with Crippen LogP contribution in [0.5, 0.6) is 0 Å². The first kappa shape index (κ1) is 22.1. The highest BCUT2D eigenvalue weighted by Gasteiger charge is 2.53. The maximum Gasteiger partial charge on any atom is 0.407 e. The van der Waals surface area contributed by atoms with Crippen molar-refractivity contribution in [2.45, 2.75) is 36.9 Å². The number of likely N-dealkylation sites (tertiary alicyclic amines) is 1. The molecule has 6 rings (SSSR count). The molecule has 0 bridgehead atoms. The molecule has 0 radical (unpaired) electrons. The van der Waals surface area contributed by atoms with Crippen molar-refractivity contribution in [2.75, 3.05) is 31.6 Å². The summed E-state index contributed by atoms with van der Waals surface area (Å²) in [7, 11) is 1.37. The van der Waals surface area contributed by atoms with Crippen molar-refractivity contribution >= 4 is 28.5 Å². The third-order valence-corrected chi connectivity index (χ3v) is 8.07. The second-order valence-electron chi connectivity index (χ2n) is 10.0. The molecule has 3 aliphatic rings. The van der Waals surface area contributed by atoms with Gasteiger partial charge in [-0.05, 0) is 47.2 Å². The Hall–Kier alpha value is -3.42. The summed E-state index contributed by atoms with van der Waals surface area (Å²) in [6, 6.07) is 20.6. The fraction of sp³-hybridized carbons (Fsp3) is 0.357. The molecule has 1 fully saturated rings. The summed E-state index contributed by atoms with van der Waals surface area (Å²) in [4.78, 5) is 30.3. The van der Waals surface area contributed by atoms with Crippen LogP contribution in [-0.2, 0) is 16.8 Å². The standard InChI is InChI=1S/C28H29N3O4/c1-29(27(33)34)17-28(35)22-10-2-3-11-23(22)31(26(28)32)20-12-14-30(15-13-20)24-16-19-8-4-6-18-7-5-9-21(24)25(18)19/h2-11,20,24,35H,12-17H2,1H3,(H,33,34). The van der Waals surface area contributed by atoms with E-state index < -0.39 is 17.6 Å². The molecule has 35 heavy (non-hydrogen) atoms. The minimum absolute atomic E-state index is 0.0383. The Morgan fingerprint density at radius 3 is 2.51 bits per heavy atom. The van der Waals surface area contributed by atoms with E-state index in [4.69, 9.17) is 0 Å². The monoisotopic (exact) mass is 471 g/mol. The predicted octanol–water partition coefficient (Wildman–Crippen LogP) is 3.75. The van der Waals surface area contributed by atoms with E-state index in [-0.39, 0.29) is 12.6 Å². The molecule has 2 heterocycles. The van der Waals surface area contributed by atoms with Crippen molar-refractivity contribution in [1.82, 2.24) is 9.80 Å². The summed E-state index contributed by atoms with van der Waals surface area (Å²) in [5.41, 5.74) is 2.10. The van der Waals surface area contributed by atoms with Crippen molar-refractivity contribution in [1.29, 1.82) is 0 Å². The number of hydrogen-bond donors (Lipinski definition) is 2. The number of fused-ring (bicyclic) bond motifs is 1. The zero-order valence-corrected chi connectivity index (χ0v) is 19.7. The van der Waals surface area contributed by atoms with Crippen LogP contribution in [0.4, 0.5) is 10.5 Å². The Morgan fingerprint density at radius 1 is 1.06 bits per heavy atom. The van der Waals surface area contributed by atoms with Gasteiger partial charge in [-0.2, -0.15) is 0 Å². The van der Waals surface area contributed by atoms with Crippen molar-refractivity contribution < 1.29 is 19.8 Å². The van der Waals surface area contributed by atoms with E-state index in [1.54, 1.807) is 17.0 Å². The van der Waals surface area contributed by atoms with E-state index in [0.717, 1.165) is 37.3 Å². The topological polar surface area (TPSA) is 84.3 Å². The Labute approximate surface area is 204 Å². The number of piperidine rings is 1. The molecule has 0 saturated carbocycles. The number of rotatable bonds is 4. The molecular weight excluding hydrogens is 442 g/mol. The van der Waals surface area contributed by atoms with Crippen molar-refractivity contribution in [3.8, 4) is 0 Å². The molecule has 7 nitrogen and oxygen atoms in total. The number of amides is 2. The van der Waals surface area contributed by atoms with Crippen LogP contribution in [0.1, 0.15) is 35.6 Å². The molecule has 0 spiro atoms. The second kappa shape index (κ2) is 8.07. The lowest BCUT2D eigenvalue weighted by Crippen LogP contribution is -2.53. The number of carbonyl (C=O) groups excluding carboxylic acids is 1. The Morgan fingerprint density at radius 2 is 1.77 bits per heavy atom. The van der Waals surface area contributed by atoms with Crippen LogP contribution in [0.3, 0.4) is 0 Å². The van der Waals surface area contributed by atoms with Crippen LogP contribution in [0, 0.1) is 0 Å². The van der Waals surface area contributed by atoms with Gasteiger partial charge in [0.1, 0.15) is 0 Å². The Bertz CT molecular complexity index is 1330. The quantitative estimate of drug-likeness (QED) is 0.606. The lowest BCUT2D eigenvalue weighted by atomic mass is 9.95. The van der Waals surface area contributed by atoms with E-state index in [1.807, 2.05) is 12.1 Å². The van der Waals surface area contributed by atoms with Crippen molar-refractivity contribution in [3.63, 3.8) is 0 Å². The first-order valence-corrected chi connectivity index (χ1v) is 12.2. The fourth-order valence-electron chi connectivity index (χ4n) is 6.38. The Kier molecular flexibility index (Phi) is 5.09. The molecule has 3 aromatic rings. The maximum atomic E-state index is 13.6. The SMILES string of the molecule is CN(CC1(O)C(=O)N(C2CCN(C3Cc4cccc5cccc3c45)CC2)c2ccccc21)C(=O)O. The van der Waals surface area contributed by atoms with Gasteiger partial charge in [-0.25, -0.2) is 4.79 Å². The number of carbonyl (C=O) groups is 2. The molecule has 3 aromatic carbocycles. The Balaban J connectivity index is 1.23. The predicted molar refractivity (Wildman–Crippen MR) is 133 cm³/mol. The van der Waals surface area contributed by atoms with Crippen LogP contribution in [-0.4, -0.2) is 64.7 Å². The molecule has 0 aromatic heterocycles. The third-order valence-electron chi connectivity index (χ3n) is 8.07. The molecule has 7 heteroatoms. The van der Waals surface area contributed by atoms with Gasteiger partial charge in [0.05, 0.1) is 12.2 Å². The number of hydrogen-bond acceptors (Lipinski definition) is 4. The van der Waals surface area contributed by atoms with Crippen LogP contribution >= 0.6 is 0 Å². The van der Waals surface area contributed by atoms with E-state index in [1.165, 1.54) is 28.9 Å².